The Balaban J connectivity index is 1.87. The first-order valence-corrected chi connectivity index (χ1v) is 10.1. The van der Waals surface area contributed by atoms with E-state index in [2.05, 4.69) is 31.0 Å². The average Bonchev–Trinajstić information content (AvgIpc) is 3.07. The lowest BCUT2D eigenvalue weighted by Crippen LogP contribution is -2.21. The van der Waals surface area contributed by atoms with E-state index in [1.54, 1.807) is 29.1 Å². The Labute approximate surface area is 170 Å². The zero-order chi connectivity index (χ0) is 19.1. The number of nitrogens with zero attached hydrogens (tertiary/aromatic N) is 2. The van der Waals surface area contributed by atoms with Gasteiger partial charge in [0.05, 0.1) is 18.3 Å². The van der Waals surface area contributed by atoms with Gasteiger partial charge in [-0.05, 0) is 42.7 Å². The number of benzene rings is 2. The summed E-state index contributed by atoms with van der Waals surface area (Å²) < 4.78 is 1.56. The van der Waals surface area contributed by atoms with Crippen LogP contribution in [-0.4, -0.2) is 9.55 Å². The zero-order valence-corrected chi connectivity index (χ0v) is 17.1. The number of fused-ring (bicyclic) bond motifs is 1. The van der Waals surface area contributed by atoms with Gasteiger partial charge in [0.1, 0.15) is 4.83 Å². The highest BCUT2D eigenvalue weighted by Crippen LogP contribution is 2.32. The van der Waals surface area contributed by atoms with Crippen molar-refractivity contribution < 1.29 is 0 Å². The van der Waals surface area contributed by atoms with Crippen molar-refractivity contribution >= 4 is 44.8 Å². The van der Waals surface area contributed by atoms with E-state index in [1.165, 1.54) is 22.5 Å². The van der Waals surface area contributed by atoms with Gasteiger partial charge in [0, 0.05) is 26.6 Å². The average molecular weight is 415 g/mol. The zero-order valence-electron chi connectivity index (χ0n) is 14.8. The Hall–Kier alpha value is -2.14. The fourth-order valence-corrected chi connectivity index (χ4v) is 4.48. The molecule has 6 heteroatoms. The summed E-state index contributed by atoms with van der Waals surface area (Å²) in [6.45, 7) is 4.43. The summed E-state index contributed by atoms with van der Waals surface area (Å²) in [5.74, 6) is 0. The summed E-state index contributed by atoms with van der Waals surface area (Å²) in [5.41, 5.74) is 4.98. The second kappa shape index (κ2) is 7.12. The SMILES string of the molecule is Cc1ccc(-c2csc3ncn(Cc4c(Cl)cccc4Cl)c(=O)c23)cc1C. The molecule has 2 aromatic heterocycles. The molecule has 0 aliphatic carbocycles. The van der Waals surface area contributed by atoms with Crippen LogP contribution in [0.2, 0.25) is 10.0 Å². The van der Waals surface area contributed by atoms with Gasteiger partial charge in [-0.15, -0.1) is 11.3 Å². The molecule has 27 heavy (non-hydrogen) atoms. The highest BCUT2D eigenvalue weighted by Gasteiger charge is 2.15. The van der Waals surface area contributed by atoms with E-state index in [0.29, 0.717) is 21.0 Å². The van der Waals surface area contributed by atoms with Crippen LogP contribution in [0.4, 0.5) is 0 Å². The number of aryl methyl sites for hydroxylation is 2. The number of hydrogen-bond acceptors (Lipinski definition) is 3. The van der Waals surface area contributed by atoms with Crippen LogP contribution in [0.5, 0.6) is 0 Å². The van der Waals surface area contributed by atoms with E-state index in [4.69, 9.17) is 23.2 Å². The van der Waals surface area contributed by atoms with Gasteiger partial charge in [0.2, 0.25) is 0 Å². The summed E-state index contributed by atoms with van der Waals surface area (Å²) in [4.78, 5) is 18.4. The molecule has 0 radical (unpaired) electrons. The predicted octanol–water partition coefficient (Wildman–Crippen LogP) is 6.10. The third kappa shape index (κ3) is 3.29. The van der Waals surface area contributed by atoms with E-state index in [0.717, 1.165) is 16.0 Å². The third-order valence-corrected chi connectivity index (χ3v) is 6.36. The monoisotopic (exact) mass is 414 g/mol. The minimum absolute atomic E-state index is 0.0922. The maximum atomic E-state index is 13.2. The van der Waals surface area contributed by atoms with Crippen molar-refractivity contribution in [3.05, 3.63) is 85.2 Å². The lowest BCUT2D eigenvalue weighted by molar-refractivity contribution is 0.750. The highest BCUT2D eigenvalue weighted by molar-refractivity contribution is 7.17. The standard InChI is InChI=1S/C21H16Cl2N2OS/c1-12-6-7-14(8-13(12)2)16-10-27-20-19(16)21(26)25(11-24-20)9-15-17(22)4-3-5-18(15)23/h3-8,10-11H,9H2,1-2H3. The molecule has 136 valence electrons. The molecule has 0 aliphatic heterocycles. The third-order valence-electron chi connectivity index (χ3n) is 4.77. The molecule has 0 fully saturated rings. The van der Waals surface area contributed by atoms with Crippen molar-refractivity contribution in [1.82, 2.24) is 9.55 Å². The molecule has 0 unspecified atom stereocenters. The lowest BCUT2D eigenvalue weighted by atomic mass is 10.0. The first-order chi connectivity index (χ1) is 13.0. The molecule has 0 saturated carbocycles. The first kappa shape index (κ1) is 18.2. The topological polar surface area (TPSA) is 34.9 Å². The van der Waals surface area contributed by atoms with E-state index in [9.17, 15) is 4.79 Å². The molecule has 2 aromatic carbocycles. The molecule has 4 rings (SSSR count). The molecule has 2 heterocycles. The fraction of sp³-hybridized carbons (Fsp3) is 0.143. The van der Waals surface area contributed by atoms with Gasteiger partial charge in [-0.3, -0.25) is 9.36 Å². The largest absolute Gasteiger partial charge is 0.294 e. The molecular formula is C21H16Cl2N2OS. The summed E-state index contributed by atoms with van der Waals surface area (Å²) in [6.07, 6.45) is 1.56. The van der Waals surface area contributed by atoms with Crippen LogP contribution in [0, 0.1) is 13.8 Å². The van der Waals surface area contributed by atoms with Crippen molar-refractivity contribution in [1.29, 1.82) is 0 Å². The molecule has 0 aliphatic rings. The van der Waals surface area contributed by atoms with Crippen LogP contribution in [0.25, 0.3) is 21.3 Å². The van der Waals surface area contributed by atoms with Crippen LogP contribution in [0.15, 0.2) is 52.9 Å². The fourth-order valence-electron chi connectivity index (χ4n) is 3.06. The van der Waals surface area contributed by atoms with Gasteiger partial charge in [-0.2, -0.15) is 0 Å². The molecule has 0 spiro atoms. The van der Waals surface area contributed by atoms with Crippen molar-refractivity contribution in [3.8, 4) is 11.1 Å². The van der Waals surface area contributed by atoms with E-state index < -0.39 is 0 Å². The van der Waals surface area contributed by atoms with Gasteiger partial charge in [-0.1, -0.05) is 47.5 Å². The van der Waals surface area contributed by atoms with Crippen molar-refractivity contribution in [2.75, 3.05) is 0 Å². The number of hydrogen-bond donors (Lipinski definition) is 0. The Morgan fingerprint density at radius 3 is 2.52 bits per heavy atom. The number of thiophene rings is 1. The van der Waals surface area contributed by atoms with Crippen LogP contribution in [0.3, 0.4) is 0 Å². The normalized spacial score (nSPS) is 11.3. The van der Waals surface area contributed by atoms with Gasteiger partial charge in [0.15, 0.2) is 0 Å². The highest BCUT2D eigenvalue weighted by atomic mass is 35.5. The smallest absolute Gasteiger partial charge is 0.263 e. The molecule has 0 N–H and O–H groups in total. The van der Waals surface area contributed by atoms with Gasteiger partial charge < -0.3 is 0 Å². The maximum absolute atomic E-state index is 13.2. The Bertz CT molecular complexity index is 1210. The van der Waals surface area contributed by atoms with Crippen LogP contribution < -0.4 is 5.56 Å². The van der Waals surface area contributed by atoms with E-state index in [-0.39, 0.29) is 12.1 Å². The summed E-state index contributed by atoms with van der Waals surface area (Å²) in [5, 5.41) is 3.70. The van der Waals surface area contributed by atoms with Crippen molar-refractivity contribution in [2.24, 2.45) is 0 Å². The number of rotatable bonds is 3. The van der Waals surface area contributed by atoms with Gasteiger partial charge in [-0.25, -0.2) is 4.98 Å². The second-order valence-corrected chi connectivity index (χ2v) is 8.18. The lowest BCUT2D eigenvalue weighted by Gasteiger charge is -2.10. The quantitative estimate of drug-likeness (QED) is 0.405. The second-order valence-electron chi connectivity index (χ2n) is 6.51. The Morgan fingerprint density at radius 1 is 1.07 bits per heavy atom. The molecule has 0 bridgehead atoms. The van der Waals surface area contributed by atoms with Crippen molar-refractivity contribution in [2.45, 2.75) is 20.4 Å². The van der Waals surface area contributed by atoms with Gasteiger partial charge >= 0.3 is 0 Å². The number of aromatic nitrogens is 2. The molecule has 0 saturated heterocycles. The molecule has 0 amide bonds. The molecule has 3 nitrogen and oxygen atoms in total. The van der Waals surface area contributed by atoms with Crippen molar-refractivity contribution in [3.63, 3.8) is 0 Å². The van der Waals surface area contributed by atoms with Gasteiger partial charge in [0.25, 0.3) is 5.56 Å². The summed E-state index contributed by atoms with van der Waals surface area (Å²) in [6, 6.07) is 11.6. The summed E-state index contributed by atoms with van der Waals surface area (Å²) in [7, 11) is 0. The predicted molar refractivity (Wildman–Crippen MR) is 114 cm³/mol. The molecule has 0 atom stereocenters. The van der Waals surface area contributed by atoms with Crippen LogP contribution in [-0.2, 0) is 6.54 Å². The minimum Gasteiger partial charge on any atom is -0.294 e. The number of halogens is 2. The molecule has 4 aromatic rings. The Morgan fingerprint density at radius 2 is 1.81 bits per heavy atom. The summed E-state index contributed by atoms with van der Waals surface area (Å²) >= 11 is 14.0. The van der Waals surface area contributed by atoms with E-state index >= 15 is 0 Å². The van der Waals surface area contributed by atoms with Crippen LogP contribution >= 0.6 is 34.5 Å². The van der Waals surface area contributed by atoms with E-state index in [1.807, 2.05) is 11.4 Å². The Kier molecular flexibility index (Phi) is 4.81. The first-order valence-electron chi connectivity index (χ1n) is 8.43. The van der Waals surface area contributed by atoms with Crippen LogP contribution in [0.1, 0.15) is 16.7 Å². The molecular weight excluding hydrogens is 399 g/mol. The minimum atomic E-state index is -0.0922. The maximum Gasteiger partial charge on any atom is 0.263 e.